The van der Waals surface area contributed by atoms with Crippen molar-refractivity contribution >= 4 is 29.1 Å². The fourth-order valence-electron chi connectivity index (χ4n) is 2.70. The maximum Gasteiger partial charge on any atom is 0.239 e. The number of halogens is 2. The number of hydrogen-bond acceptors (Lipinski definition) is 2. The third-order valence-electron chi connectivity index (χ3n) is 3.73. The molecule has 21 heavy (non-hydrogen) atoms. The minimum Gasteiger partial charge on any atom is -0.341 e. The number of likely N-dealkylation sites (tertiary alicyclic amines) is 1. The molecule has 1 atom stereocenters. The Morgan fingerprint density at radius 1 is 1.38 bits per heavy atom. The van der Waals surface area contributed by atoms with Gasteiger partial charge in [-0.25, -0.2) is 0 Å². The lowest BCUT2D eigenvalue weighted by atomic mass is 10.0. The Bertz CT molecular complexity index is 505. The Morgan fingerprint density at radius 3 is 2.81 bits per heavy atom. The minimum atomic E-state index is -0.0422. The van der Waals surface area contributed by atoms with Gasteiger partial charge in [0.2, 0.25) is 5.91 Å². The molecule has 116 valence electrons. The van der Waals surface area contributed by atoms with E-state index in [1.165, 1.54) is 0 Å². The van der Waals surface area contributed by atoms with Crippen LogP contribution in [0.5, 0.6) is 0 Å². The van der Waals surface area contributed by atoms with Crippen LogP contribution >= 0.6 is 23.2 Å². The van der Waals surface area contributed by atoms with Gasteiger partial charge in [-0.2, -0.15) is 0 Å². The zero-order valence-electron chi connectivity index (χ0n) is 12.5. The number of piperidine rings is 1. The van der Waals surface area contributed by atoms with E-state index in [2.05, 4.69) is 19.2 Å². The van der Waals surface area contributed by atoms with Crippen LogP contribution in [0.15, 0.2) is 18.2 Å². The maximum absolute atomic E-state index is 12.4. The van der Waals surface area contributed by atoms with E-state index < -0.39 is 0 Å². The molecule has 5 heteroatoms. The largest absolute Gasteiger partial charge is 0.341 e. The molecule has 3 nitrogen and oxygen atoms in total. The summed E-state index contributed by atoms with van der Waals surface area (Å²) in [6.07, 6.45) is 2.73. The van der Waals surface area contributed by atoms with E-state index in [0.29, 0.717) is 22.6 Å². The fourth-order valence-corrected chi connectivity index (χ4v) is 3.20. The van der Waals surface area contributed by atoms with E-state index in [1.807, 2.05) is 17.0 Å². The smallest absolute Gasteiger partial charge is 0.239 e. The zero-order valence-corrected chi connectivity index (χ0v) is 14.0. The highest BCUT2D eigenvalue weighted by Gasteiger charge is 2.28. The summed E-state index contributed by atoms with van der Waals surface area (Å²) in [5.74, 6) is 0.208. The molecular formula is C16H22Cl2N2O. The molecule has 0 aliphatic carbocycles. The quantitative estimate of drug-likeness (QED) is 0.896. The predicted octanol–water partition coefficient (Wildman–Crippen LogP) is 3.52. The van der Waals surface area contributed by atoms with Crippen LogP contribution in [0.2, 0.25) is 10.0 Å². The van der Waals surface area contributed by atoms with Crippen molar-refractivity contribution in [1.82, 2.24) is 10.2 Å². The first-order valence-corrected chi connectivity index (χ1v) is 8.21. The predicted molar refractivity (Wildman–Crippen MR) is 88.0 cm³/mol. The highest BCUT2D eigenvalue weighted by molar-refractivity contribution is 6.35. The van der Waals surface area contributed by atoms with Crippen molar-refractivity contribution in [1.29, 1.82) is 0 Å². The number of amides is 1. The van der Waals surface area contributed by atoms with Gasteiger partial charge in [-0.3, -0.25) is 4.79 Å². The van der Waals surface area contributed by atoms with Gasteiger partial charge >= 0.3 is 0 Å². The summed E-state index contributed by atoms with van der Waals surface area (Å²) in [4.78, 5) is 14.4. The third-order valence-corrected chi connectivity index (χ3v) is 4.32. The molecule has 1 fully saturated rings. The Hall–Kier alpha value is -0.770. The molecule has 1 aliphatic rings. The first kappa shape index (κ1) is 16.6. The summed E-state index contributed by atoms with van der Waals surface area (Å²) >= 11 is 12.1. The van der Waals surface area contributed by atoms with E-state index in [1.54, 1.807) is 6.07 Å². The lowest BCUT2D eigenvalue weighted by Crippen LogP contribution is -2.52. The summed E-state index contributed by atoms with van der Waals surface area (Å²) < 4.78 is 0. The summed E-state index contributed by atoms with van der Waals surface area (Å²) in [6, 6.07) is 5.80. The Morgan fingerprint density at radius 2 is 2.14 bits per heavy atom. The summed E-state index contributed by atoms with van der Waals surface area (Å²) in [5, 5.41) is 4.65. The topological polar surface area (TPSA) is 32.3 Å². The molecule has 1 N–H and O–H groups in total. The molecule has 0 spiro atoms. The van der Waals surface area contributed by atoms with Crippen LogP contribution in [0.25, 0.3) is 0 Å². The highest BCUT2D eigenvalue weighted by atomic mass is 35.5. The van der Waals surface area contributed by atoms with Crippen LogP contribution in [0.3, 0.4) is 0 Å². The normalized spacial score (nSPS) is 19.4. The lowest BCUT2D eigenvalue weighted by Gasteiger charge is -2.33. The Labute approximate surface area is 136 Å². The van der Waals surface area contributed by atoms with Crippen molar-refractivity contribution in [2.75, 3.05) is 13.1 Å². The van der Waals surface area contributed by atoms with Gasteiger partial charge in [0.05, 0.1) is 6.04 Å². The van der Waals surface area contributed by atoms with E-state index in [-0.39, 0.29) is 11.9 Å². The maximum atomic E-state index is 12.4. The number of rotatable bonds is 5. The lowest BCUT2D eigenvalue weighted by molar-refractivity contribution is -0.136. The molecule has 1 unspecified atom stereocenters. The van der Waals surface area contributed by atoms with Crippen molar-refractivity contribution in [2.45, 2.75) is 45.2 Å². The standard InChI is InChI=1S/C16H22Cl2N2O/c1-11(2)19-15-4-3-8-20(16(15)21)9-7-12-5-6-13(17)10-14(12)18/h5-6,10-11,15,19H,3-4,7-9H2,1-2H3. The van der Waals surface area contributed by atoms with E-state index in [9.17, 15) is 4.79 Å². The number of carbonyl (C=O) groups excluding carboxylic acids is 1. The van der Waals surface area contributed by atoms with Crippen molar-refractivity contribution in [3.8, 4) is 0 Å². The van der Waals surface area contributed by atoms with Crippen molar-refractivity contribution in [3.05, 3.63) is 33.8 Å². The molecule has 0 saturated carbocycles. The molecule has 0 radical (unpaired) electrons. The van der Waals surface area contributed by atoms with E-state index >= 15 is 0 Å². The zero-order chi connectivity index (χ0) is 15.4. The van der Waals surface area contributed by atoms with E-state index in [4.69, 9.17) is 23.2 Å². The van der Waals surface area contributed by atoms with Crippen LogP contribution in [-0.4, -0.2) is 36.0 Å². The number of carbonyl (C=O) groups is 1. The van der Waals surface area contributed by atoms with Crippen LogP contribution in [-0.2, 0) is 11.2 Å². The molecule has 1 aliphatic heterocycles. The monoisotopic (exact) mass is 328 g/mol. The molecule has 2 rings (SSSR count). The van der Waals surface area contributed by atoms with Gasteiger partial charge in [-0.05, 0) is 37.0 Å². The molecule has 1 aromatic carbocycles. The number of benzene rings is 1. The van der Waals surface area contributed by atoms with Gasteiger partial charge in [0.15, 0.2) is 0 Å². The summed E-state index contributed by atoms with van der Waals surface area (Å²) in [7, 11) is 0. The first-order valence-electron chi connectivity index (χ1n) is 7.46. The first-order chi connectivity index (χ1) is 9.97. The van der Waals surface area contributed by atoms with Gasteiger partial charge in [0.1, 0.15) is 0 Å². The number of hydrogen-bond donors (Lipinski definition) is 1. The van der Waals surface area contributed by atoms with Gasteiger partial charge in [-0.1, -0.05) is 43.1 Å². The SMILES string of the molecule is CC(C)NC1CCCN(CCc2ccc(Cl)cc2Cl)C1=O. The molecule has 1 heterocycles. The summed E-state index contributed by atoms with van der Waals surface area (Å²) in [6.45, 7) is 5.68. The average Bonchev–Trinajstić information content (AvgIpc) is 2.41. The molecular weight excluding hydrogens is 307 g/mol. The fraction of sp³-hybridized carbons (Fsp3) is 0.562. The third kappa shape index (κ3) is 4.60. The molecule has 1 saturated heterocycles. The second-order valence-electron chi connectivity index (χ2n) is 5.83. The Kier molecular flexibility index (Phi) is 5.91. The second kappa shape index (κ2) is 7.48. The van der Waals surface area contributed by atoms with E-state index in [0.717, 1.165) is 31.4 Å². The average molecular weight is 329 g/mol. The number of nitrogens with one attached hydrogen (secondary N) is 1. The van der Waals surface area contributed by atoms with Gasteiger partial charge in [0, 0.05) is 29.2 Å². The van der Waals surface area contributed by atoms with Crippen LogP contribution in [0.1, 0.15) is 32.3 Å². The number of nitrogens with zero attached hydrogens (tertiary/aromatic N) is 1. The molecule has 1 aromatic rings. The molecule has 0 aromatic heterocycles. The van der Waals surface area contributed by atoms with Gasteiger partial charge in [0.25, 0.3) is 0 Å². The van der Waals surface area contributed by atoms with Crippen molar-refractivity contribution in [2.24, 2.45) is 0 Å². The molecule has 0 bridgehead atoms. The van der Waals surface area contributed by atoms with Crippen LogP contribution in [0.4, 0.5) is 0 Å². The highest BCUT2D eigenvalue weighted by Crippen LogP contribution is 2.22. The van der Waals surface area contributed by atoms with Crippen molar-refractivity contribution < 1.29 is 4.79 Å². The van der Waals surface area contributed by atoms with Crippen molar-refractivity contribution in [3.63, 3.8) is 0 Å². The second-order valence-corrected chi connectivity index (χ2v) is 6.67. The minimum absolute atomic E-state index is 0.0422. The van der Waals surface area contributed by atoms with Crippen LogP contribution < -0.4 is 5.32 Å². The Balaban J connectivity index is 1.94. The van der Waals surface area contributed by atoms with Gasteiger partial charge in [-0.15, -0.1) is 0 Å². The molecule has 1 amide bonds. The summed E-state index contributed by atoms with van der Waals surface area (Å²) in [5.41, 5.74) is 1.04. The van der Waals surface area contributed by atoms with Crippen LogP contribution in [0, 0.1) is 0 Å². The van der Waals surface area contributed by atoms with Gasteiger partial charge < -0.3 is 10.2 Å².